The van der Waals surface area contributed by atoms with Gasteiger partial charge in [0.15, 0.2) is 5.71 Å². The van der Waals surface area contributed by atoms with Gasteiger partial charge in [0.1, 0.15) is 6.54 Å². The van der Waals surface area contributed by atoms with Gasteiger partial charge < -0.3 is 10.6 Å². The summed E-state index contributed by atoms with van der Waals surface area (Å²) in [7, 11) is 0. The SMILES string of the molecule is O=C1NC2=C(CCCC2)/C1=N/N1C(=O)CNC1=O. The molecule has 0 aromatic rings. The molecule has 7 nitrogen and oxygen atoms in total. The average Bonchev–Trinajstić information content (AvgIpc) is 2.84. The minimum Gasteiger partial charge on any atom is -0.327 e. The molecule has 4 amide bonds. The maximum absolute atomic E-state index is 11.8. The molecule has 0 spiro atoms. The predicted octanol–water partition coefficient (Wildman–Crippen LogP) is -0.148. The fourth-order valence-electron chi connectivity index (χ4n) is 2.36. The zero-order chi connectivity index (χ0) is 12.7. The van der Waals surface area contributed by atoms with Crippen molar-refractivity contribution in [1.82, 2.24) is 15.6 Å². The highest BCUT2D eigenvalue weighted by Gasteiger charge is 2.35. The fraction of sp³-hybridized carbons (Fsp3) is 0.455. The smallest absolute Gasteiger partial charge is 0.327 e. The third-order valence-electron chi connectivity index (χ3n) is 3.25. The van der Waals surface area contributed by atoms with E-state index in [0.717, 1.165) is 42.0 Å². The average molecular weight is 248 g/mol. The molecule has 3 rings (SSSR count). The number of nitrogens with zero attached hydrogens (tertiary/aromatic N) is 2. The van der Waals surface area contributed by atoms with E-state index < -0.39 is 11.9 Å². The number of carbonyl (C=O) groups excluding carboxylic acids is 3. The lowest BCUT2D eigenvalue weighted by molar-refractivity contribution is -0.124. The van der Waals surface area contributed by atoms with Crippen LogP contribution >= 0.6 is 0 Å². The van der Waals surface area contributed by atoms with Crippen molar-refractivity contribution in [1.29, 1.82) is 0 Å². The van der Waals surface area contributed by atoms with Crippen LogP contribution in [0.5, 0.6) is 0 Å². The maximum atomic E-state index is 11.8. The molecule has 3 aliphatic rings. The van der Waals surface area contributed by atoms with Gasteiger partial charge in [-0.1, -0.05) is 0 Å². The van der Waals surface area contributed by atoms with Crippen molar-refractivity contribution >= 4 is 23.6 Å². The molecule has 0 saturated carbocycles. The van der Waals surface area contributed by atoms with Crippen LogP contribution in [0.25, 0.3) is 0 Å². The molecule has 94 valence electrons. The summed E-state index contributed by atoms with van der Waals surface area (Å²) in [5.41, 5.74) is 1.94. The van der Waals surface area contributed by atoms with Crippen LogP contribution in [0.1, 0.15) is 25.7 Å². The van der Waals surface area contributed by atoms with Crippen molar-refractivity contribution in [2.45, 2.75) is 25.7 Å². The van der Waals surface area contributed by atoms with Gasteiger partial charge in [-0.25, -0.2) is 4.79 Å². The van der Waals surface area contributed by atoms with Gasteiger partial charge in [-0.3, -0.25) is 9.59 Å². The Morgan fingerprint density at radius 1 is 1.11 bits per heavy atom. The van der Waals surface area contributed by atoms with Crippen molar-refractivity contribution in [2.24, 2.45) is 5.10 Å². The Hall–Kier alpha value is -2.18. The zero-order valence-corrected chi connectivity index (χ0v) is 9.65. The number of carbonyl (C=O) groups is 3. The van der Waals surface area contributed by atoms with Crippen molar-refractivity contribution in [3.05, 3.63) is 11.3 Å². The summed E-state index contributed by atoms with van der Waals surface area (Å²) in [6, 6.07) is -0.579. The summed E-state index contributed by atoms with van der Waals surface area (Å²) in [6.07, 6.45) is 3.61. The summed E-state index contributed by atoms with van der Waals surface area (Å²) in [4.78, 5) is 34.6. The van der Waals surface area contributed by atoms with Gasteiger partial charge in [0, 0.05) is 11.3 Å². The van der Waals surface area contributed by atoms with Crippen molar-refractivity contribution in [3.8, 4) is 0 Å². The van der Waals surface area contributed by atoms with Gasteiger partial charge in [-0.15, -0.1) is 5.01 Å². The summed E-state index contributed by atoms with van der Waals surface area (Å²) in [5.74, 6) is -0.764. The lowest BCUT2D eigenvalue weighted by Crippen LogP contribution is -2.30. The Kier molecular flexibility index (Phi) is 2.39. The third kappa shape index (κ3) is 1.59. The number of hydrogen-bond donors (Lipinski definition) is 2. The number of amides is 4. The van der Waals surface area contributed by atoms with E-state index in [0.29, 0.717) is 0 Å². The van der Waals surface area contributed by atoms with Gasteiger partial charge in [-0.2, -0.15) is 5.10 Å². The molecule has 0 aromatic carbocycles. The number of hydrogen-bond acceptors (Lipinski definition) is 4. The summed E-state index contributed by atoms with van der Waals surface area (Å²) in [5, 5.41) is 9.77. The first-order chi connectivity index (χ1) is 8.66. The molecule has 1 aliphatic carbocycles. The van der Waals surface area contributed by atoms with Crippen LogP contribution in [0.3, 0.4) is 0 Å². The molecule has 18 heavy (non-hydrogen) atoms. The normalized spacial score (nSPS) is 25.7. The van der Waals surface area contributed by atoms with E-state index in [1.54, 1.807) is 0 Å². The number of allylic oxidation sites excluding steroid dienone is 1. The van der Waals surface area contributed by atoms with Crippen LogP contribution in [0.2, 0.25) is 0 Å². The first kappa shape index (κ1) is 10.9. The van der Waals surface area contributed by atoms with Crippen LogP contribution in [-0.2, 0) is 9.59 Å². The monoisotopic (exact) mass is 248 g/mol. The third-order valence-corrected chi connectivity index (χ3v) is 3.25. The largest absolute Gasteiger partial charge is 0.345 e. The molecule has 2 heterocycles. The molecule has 1 fully saturated rings. The summed E-state index contributed by atoms with van der Waals surface area (Å²) < 4.78 is 0. The molecule has 7 heteroatoms. The molecule has 0 aromatic heterocycles. The second-order valence-electron chi connectivity index (χ2n) is 4.43. The van der Waals surface area contributed by atoms with Crippen molar-refractivity contribution in [3.63, 3.8) is 0 Å². The van der Waals surface area contributed by atoms with E-state index in [1.807, 2.05) is 0 Å². The highest BCUT2D eigenvalue weighted by Crippen LogP contribution is 2.28. The molecule has 2 N–H and O–H groups in total. The standard InChI is InChI=1S/C11H12N4O3/c16-8-5-12-11(18)15(8)14-9-6-3-1-2-4-7(6)13-10(9)17/h1-5H2,(H,12,18)(H,13,14,17). The van der Waals surface area contributed by atoms with Crippen LogP contribution in [0, 0.1) is 0 Å². The minimum absolute atomic E-state index is 0.0663. The predicted molar refractivity (Wildman–Crippen MR) is 61.3 cm³/mol. The van der Waals surface area contributed by atoms with E-state index in [4.69, 9.17) is 0 Å². The molecular formula is C11H12N4O3. The summed E-state index contributed by atoms with van der Waals surface area (Å²) >= 11 is 0. The van der Waals surface area contributed by atoms with Crippen LogP contribution in [-0.4, -0.2) is 35.1 Å². The molecule has 0 unspecified atom stereocenters. The molecular weight excluding hydrogens is 236 g/mol. The van der Waals surface area contributed by atoms with Gasteiger partial charge in [0.05, 0.1) is 0 Å². The number of nitrogens with one attached hydrogen (secondary N) is 2. The topological polar surface area (TPSA) is 90.9 Å². The van der Waals surface area contributed by atoms with Gasteiger partial charge in [0.2, 0.25) is 0 Å². The highest BCUT2D eigenvalue weighted by molar-refractivity contribution is 6.48. The summed E-state index contributed by atoms with van der Waals surface area (Å²) in [6.45, 7) is -0.0663. The van der Waals surface area contributed by atoms with Gasteiger partial charge in [0.25, 0.3) is 11.8 Å². The van der Waals surface area contributed by atoms with Crippen LogP contribution in [0.4, 0.5) is 4.79 Å². The molecule has 0 bridgehead atoms. The second kappa shape index (κ2) is 3.94. The maximum Gasteiger partial charge on any atom is 0.345 e. The Balaban J connectivity index is 1.95. The van der Waals surface area contributed by atoms with Crippen molar-refractivity contribution < 1.29 is 14.4 Å². The van der Waals surface area contributed by atoms with Crippen molar-refractivity contribution in [2.75, 3.05) is 6.54 Å². The van der Waals surface area contributed by atoms with E-state index in [2.05, 4.69) is 15.7 Å². The van der Waals surface area contributed by atoms with E-state index in [-0.39, 0.29) is 18.2 Å². The number of rotatable bonds is 1. The number of hydrazone groups is 1. The molecule has 1 saturated heterocycles. The van der Waals surface area contributed by atoms with E-state index in [1.165, 1.54) is 0 Å². The Morgan fingerprint density at radius 2 is 1.89 bits per heavy atom. The number of imide groups is 1. The highest BCUT2D eigenvalue weighted by atomic mass is 16.2. The number of urea groups is 1. The molecule has 0 atom stereocenters. The quantitative estimate of drug-likeness (QED) is 0.632. The van der Waals surface area contributed by atoms with E-state index in [9.17, 15) is 14.4 Å². The lowest BCUT2D eigenvalue weighted by atomic mass is 9.96. The van der Waals surface area contributed by atoms with E-state index >= 15 is 0 Å². The van der Waals surface area contributed by atoms with Gasteiger partial charge >= 0.3 is 6.03 Å². The molecule has 2 aliphatic heterocycles. The van der Waals surface area contributed by atoms with Gasteiger partial charge in [-0.05, 0) is 25.7 Å². The zero-order valence-electron chi connectivity index (χ0n) is 9.65. The van der Waals surface area contributed by atoms with Crippen LogP contribution in [0.15, 0.2) is 16.4 Å². The Morgan fingerprint density at radius 3 is 2.61 bits per heavy atom. The molecule has 0 radical (unpaired) electrons. The Bertz CT molecular complexity index is 504. The Labute approximate surface area is 103 Å². The lowest BCUT2D eigenvalue weighted by Gasteiger charge is -2.12. The first-order valence-electron chi connectivity index (χ1n) is 5.90. The first-order valence-corrected chi connectivity index (χ1v) is 5.90. The van der Waals surface area contributed by atoms with Crippen LogP contribution < -0.4 is 10.6 Å². The minimum atomic E-state index is -0.579. The fourth-order valence-corrected chi connectivity index (χ4v) is 2.36. The second-order valence-corrected chi connectivity index (χ2v) is 4.43.